The van der Waals surface area contributed by atoms with Crippen molar-refractivity contribution in [2.24, 2.45) is 0 Å². The van der Waals surface area contributed by atoms with Crippen molar-refractivity contribution in [2.45, 2.75) is 32.0 Å². The molecule has 0 amide bonds. The molecule has 1 aliphatic heterocycles. The van der Waals surface area contributed by atoms with Crippen LogP contribution in [0.1, 0.15) is 36.9 Å². The lowest BCUT2D eigenvalue weighted by atomic mass is 10.0. The van der Waals surface area contributed by atoms with Gasteiger partial charge in [0.25, 0.3) is 0 Å². The predicted octanol–water partition coefficient (Wildman–Crippen LogP) is 1.42. The van der Waals surface area contributed by atoms with Crippen LogP contribution in [0, 0.1) is 11.3 Å². The minimum absolute atomic E-state index is 0.317. The van der Waals surface area contributed by atoms with Gasteiger partial charge in [0.15, 0.2) is 0 Å². The fourth-order valence-corrected chi connectivity index (χ4v) is 2.02. The van der Waals surface area contributed by atoms with E-state index in [2.05, 4.69) is 29.2 Å². The van der Waals surface area contributed by atoms with Gasteiger partial charge in [0.1, 0.15) is 0 Å². The van der Waals surface area contributed by atoms with Crippen LogP contribution in [0.25, 0.3) is 0 Å². The number of hydrogen-bond acceptors (Lipinski definition) is 4. The Bertz CT molecular complexity index is 393. The lowest BCUT2D eigenvalue weighted by molar-refractivity contribution is 0.458. The standard InChI is InChI=1S/C13H18N4/c1-2-7-15-13-8-12(16-17-13)11-5-3-10(9-14)4-6-11/h3-6,12-13,15-17H,2,7-8H2,1H3. The highest BCUT2D eigenvalue weighted by Gasteiger charge is 2.23. The lowest BCUT2D eigenvalue weighted by Gasteiger charge is -2.10. The zero-order valence-electron chi connectivity index (χ0n) is 10.0. The number of nitrogens with zero attached hydrogens (tertiary/aromatic N) is 1. The van der Waals surface area contributed by atoms with Crippen LogP contribution in [0.5, 0.6) is 0 Å². The first kappa shape index (κ1) is 12.1. The monoisotopic (exact) mass is 230 g/mol. The first-order valence-electron chi connectivity index (χ1n) is 6.08. The van der Waals surface area contributed by atoms with Gasteiger partial charge in [0.05, 0.1) is 17.8 Å². The minimum atomic E-state index is 0.317. The number of nitriles is 1. The van der Waals surface area contributed by atoms with Crippen molar-refractivity contribution < 1.29 is 0 Å². The summed E-state index contributed by atoms with van der Waals surface area (Å²) in [7, 11) is 0. The molecule has 0 aromatic heterocycles. The third-order valence-electron chi connectivity index (χ3n) is 2.99. The van der Waals surface area contributed by atoms with E-state index in [0.717, 1.165) is 19.4 Å². The van der Waals surface area contributed by atoms with E-state index < -0.39 is 0 Å². The van der Waals surface area contributed by atoms with Gasteiger partial charge in [-0.15, -0.1) is 0 Å². The van der Waals surface area contributed by atoms with Gasteiger partial charge in [-0.2, -0.15) is 5.26 Å². The molecule has 1 aromatic carbocycles. The highest BCUT2D eigenvalue weighted by molar-refractivity contribution is 5.33. The van der Waals surface area contributed by atoms with Crippen LogP contribution in [-0.4, -0.2) is 12.7 Å². The molecule has 1 aliphatic rings. The molecule has 0 radical (unpaired) electrons. The van der Waals surface area contributed by atoms with E-state index in [0.29, 0.717) is 17.8 Å². The summed E-state index contributed by atoms with van der Waals surface area (Å²) in [6.45, 7) is 3.19. The molecule has 1 fully saturated rings. The molecule has 4 nitrogen and oxygen atoms in total. The Morgan fingerprint density at radius 2 is 2.12 bits per heavy atom. The minimum Gasteiger partial charge on any atom is -0.301 e. The van der Waals surface area contributed by atoms with Gasteiger partial charge in [-0.05, 0) is 37.1 Å². The highest BCUT2D eigenvalue weighted by atomic mass is 15.5. The van der Waals surface area contributed by atoms with E-state index in [4.69, 9.17) is 5.26 Å². The Hall–Kier alpha value is -1.41. The van der Waals surface area contributed by atoms with E-state index in [-0.39, 0.29) is 0 Å². The normalized spacial score (nSPS) is 23.5. The number of nitrogens with one attached hydrogen (secondary N) is 3. The molecule has 2 unspecified atom stereocenters. The first-order chi connectivity index (χ1) is 8.33. The van der Waals surface area contributed by atoms with Crippen LogP contribution in [0.4, 0.5) is 0 Å². The largest absolute Gasteiger partial charge is 0.301 e. The maximum atomic E-state index is 8.75. The molecule has 0 bridgehead atoms. The molecule has 90 valence electrons. The molecule has 2 atom stereocenters. The molecule has 0 saturated carbocycles. The summed E-state index contributed by atoms with van der Waals surface area (Å²) in [6.07, 6.45) is 2.49. The van der Waals surface area contributed by atoms with Crippen molar-refractivity contribution in [3.63, 3.8) is 0 Å². The van der Waals surface area contributed by atoms with Gasteiger partial charge < -0.3 is 5.32 Å². The van der Waals surface area contributed by atoms with Crippen molar-refractivity contribution in [3.8, 4) is 6.07 Å². The molecule has 0 spiro atoms. The summed E-state index contributed by atoms with van der Waals surface area (Å²) >= 11 is 0. The molecular formula is C13H18N4. The second-order valence-corrected chi connectivity index (χ2v) is 4.32. The highest BCUT2D eigenvalue weighted by Crippen LogP contribution is 2.21. The van der Waals surface area contributed by atoms with Crippen molar-refractivity contribution >= 4 is 0 Å². The quantitative estimate of drug-likeness (QED) is 0.732. The maximum Gasteiger partial charge on any atom is 0.0991 e. The number of hydrogen-bond donors (Lipinski definition) is 3. The Labute approximate surface area is 102 Å². The summed E-state index contributed by atoms with van der Waals surface area (Å²) < 4.78 is 0. The second kappa shape index (κ2) is 5.78. The van der Waals surface area contributed by atoms with Crippen LogP contribution >= 0.6 is 0 Å². The third kappa shape index (κ3) is 3.04. The second-order valence-electron chi connectivity index (χ2n) is 4.32. The summed E-state index contributed by atoms with van der Waals surface area (Å²) in [4.78, 5) is 0. The fraction of sp³-hybridized carbons (Fsp3) is 0.462. The van der Waals surface area contributed by atoms with Gasteiger partial charge in [-0.3, -0.25) is 0 Å². The van der Waals surface area contributed by atoms with E-state index >= 15 is 0 Å². The Morgan fingerprint density at radius 3 is 2.76 bits per heavy atom. The van der Waals surface area contributed by atoms with Crippen LogP contribution in [-0.2, 0) is 0 Å². The van der Waals surface area contributed by atoms with E-state index in [9.17, 15) is 0 Å². The Morgan fingerprint density at radius 1 is 1.35 bits per heavy atom. The Kier molecular flexibility index (Phi) is 4.10. The molecule has 0 aliphatic carbocycles. The van der Waals surface area contributed by atoms with Crippen LogP contribution in [0.2, 0.25) is 0 Å². The van der Waals surface area contributed by atoms with Gasteiger partial charge in [-0.1, -0.05) is 19.1 Å². The average molecular weight is 230 g/mol. The topological polar surface area (TPSA) is 59.9 Å². The smallest absolute Gasteiger partial charge is 0.0991 e. The van der Waals surface area contributed by atoms with Crippen molar-refractivity contribution in [1.82, 2.24) is 16.2 Å². The summed E-state index contributed by atoms with van der Waals surface area (Å²) in [5.41, 5.74) is 8.44. The molecule has 1 saturated heterocycles. The summed E-state index contributed by atoms with van der Waals surface area (Å²) in [5.74, 6) is 0. The lowest BCUT2D eigenvalue weighted by Crippen LogP contribution is -2.41. The average Bonchev–Trinajstić information content (AvgIpc) is 2.85. The van der Waals surface area contributed by atoms with Gasteiger partial charge in [0.2, 0.25) is 0 Å². The van der Waals surface area contributed by atoms with Gasteiger partial charge in [0, 0.05) is 6.04 Å². The third-order valence-corrected chi connectivity index (χ3v) is 2.99. The zero-order chi connectivity index (χ0) is 12.1. The molecule has 17 heavy (non-hydrogen) atoms. The molecule has 1 heterocycles. The van der Waals surface area contributed by atoms with Crippen molar-refractivity contribution in [3.05, 3.63) is 35.4 Å². The van der Waals surface area contributed by atoms with E-state index in [1.807, 2.05) is 24.3 Å². The number of rotatable bonds is 4. The molecule has 3 N–H and O–H groups in total. The molecule has 2 rings (SSSR count). The predicted molar refractivity (Wildman–Crippen MR) is 66.9 cm³/mol. The molecule has 4 heteroatoms. The summed E-state index contributed by atoms with van der Waals surface area (Å²) in [5, 5.41) is 12.2. The first-order valence-corrected chi connectivity index (χ1v) is 6.08. The SMILES string of the molecule is CCCNC1CC(c2ccc(C#N)cc2)NN1. The number of benzene rings is 1. The fourth-order valence-electron chi connectivity index (χ4n) is 2.02. The molecule has 1 aromatic rings. The van der Waals surface area contributed by atoms with E-state index in [1.165, 1.54) is 5.56 Å². The van der Waals surface area contributed by atoms with Gasteiger partial charge >= 0.3 is 0 Å². The van der Waals surface area contributed by atoms with Crippen LogP contribution in [0.3, 0.4) is 0 Å². The van der Waals surface area contributed by atoms with E-state index in [1.54, 1.807) is 0 Å². The van der Waals surface area contributed by atoms with Crippen LogP contribution < -0.4 is 16.2 Å². The van der Waals surface area contributed by atoms with Crippen molar-refractivity contribution in [1.29, 1.82) is 5.26 Å². The summed E-state index contributed by atoms with van der Waals surface area (Å²) in [6, 6.07) is 10.2. The molecular weight excluding hydrogens is 212 g/mol. The van der Waals surface area contributed by atoms with Gasteiger partial charge in [-0.25, -0.2) is 10.9 Å². The number of hydrazine groups is 1. The van der Waals surface area contributed by atoms with Crippen LogP contribution in [0.15, 0.2) is 24.3 Å². The van der Waals surface area contributed by atoms with Crippen molar-refractivity contribution in [2.75, 3.05) is 6.54 Å². The zero-order valence-corrected chi connectivity index (χ0v) is 10.0. The maximum absolute atomic E-state index is 8.75. The Balaban J connectivity index is 1.93.